The van der Waals surface area contributed by atoms with Gasteiger partial charge in [-0.3, -0.25) is 4.90 Å². The molecule has 1 saturated carbocycles. The van der Waals surface area contributed by atoms with Crippen molar-refractivity contribution in [3.8, 4) is 11.5 Å². The molecule has 0 aromatic heterocycles. The number of ether oxygens (including phenoxy) is 2. The molecule has 3 heteroatoms. The van der Waals surface area contributed by atoms with Gasteiger partial charge in [0.05, 0.1) is 0 Å². The lowest BCUT2D eigenvalue weighted by atomic mass is 9.79. The van der Waals surface area contributed by atoms with E-state index in [2.05, 4.69) is 58.6 Å². The molecule has 2 aliphatic heterocycles. The predicted molar refractivity (Wildman–Crippen MR) is 111 cm³/mol. The molecule has 27 heavy (non-hydrogen) atoms. The van der Waals surface area contributed by atoms with E-state index < -0.39 is 0 Å². The van der Waals surface area contributed by atoms with Crippen LogP contribution >= 0.6 is 0 Å². The summed E-state index contributed by atoms with van der Waals surface area (Å²) in [6.45, 7) is 16.0. The van der Waals surface area contributed by atoms with Gasteiger partial charge >= 0.3 is 0 Å². The highest BCUT2D eigenvalue weighted by atomic mass is 16.6. The van der Waals surface area contributed by atoms with E-state index in [4.69, 9.17) is 9.47 Å². The number of nitrogens with zero attached hydrogens (tertiary/aromatic N) is 1. The Hall–Kier alpha value is -1.22. The molecule has 1 aromatic carbocycles. The van der Waals surface area contributed by atoms with Crippen molar-refractivity contribution in [3.63, 3.8) is 0 Å². The zero-order valence-electron chi connectivity index (χ0n) is 18.2. The van der Waals surface area contributed by atoms with Crippen LogP contribution in [0, 0.1) is 0 Å². The van der Waals surface area contributed by atoms with Crippen molar-refractivity contribution in [2.75, 3.05) is 13.1 Å². The number of rotatable bonds is 1. The van der Waals surface area contributed by atoms with Gasteiger partial charge in [-0.1, -0.05) is 47.6 Å². The van der Waals surface area contributed by atoms with Crippen LogP contribution < -0.4 is 9.47 Å². The van der Waals surface area contributed by atoms with Gasteiger partial charge in [0.1, 0.15) is 0 Å². The van der Waals surface area contributed by atoms with Crippen LogP contribution in [0.1, 0.15) is 91.2 Å². The third-order valence-electron chi connectivity index (χ3n) is 6.67. The van der Waals surface area contributed by atoms with Gasteiger partial charge in [0.15, 0.2) is 17.6 Å². The third kappa shape index (κ3) is 3.26. The lowest BCUT2D eigenvalue weighted by Gasteiger charge is -2.52. The van der Waals surface area contributed by atoms with Gasteiger partial charge < -0.3 is 9.47 Å². The smallest absolute Gasteiger partial charge is 0.200 e. The zero-order valence-corrected chi connectivity index (χ0v) is 18.2. The Morgan fingerprint density at radius 2 is 1.63 bits per heavy atom. The van der Waals surface area contributed by atoms with Crippen LogP contribution in [0.25, 0.3) is 0 Å². The monoisotopic (exact) mass is 371 g/mol. The quantitative estimate of drug-likeness (QED) is 0.624. The first-order valence-corrected chi connectivity index (χ1v) is 10.9. The Bertz CT molecular complexity index is 706. The molecular formula is C24H37NO2. The molecule has 4 rings (SSSR count). The van der Waals surface area contributed by atoms with Crippen molar-refractivity contribution < 1.29 is 9.47 Å². The first-order chi connectivity index (χ1) is 12.6. The molecule has 0 amide bonds. The Morgan fingerprint density at radius 1 is 0.926 bits per heavy atom. The van der Waals surface area contributed by atoms with E-state index in [0.717, 1.165) is 37.4 Å². The molecule has 150 valence electrons. The summed E-state index contributed by atoms with van der Waals surface area (Å²) in [6.07, 6.45) is 7.36. The van der Waals surface area contributed by atoms with Gasteiger partial charge in [-0.15, -0.1) is 0 Å². The van der Waals surface area contributed by atoms with Crippen molar-refractivity contribution in [3.05, 3.63) is 23.3 Å². The molecule has 1 aliphatic carbocycles. The molecule has 2 heterocycles. The van der Waals surface area contributed by atoms with Crippen LogP contribution in [-0.4, -0.2) is 29.8 Å². The summed E-state index contributed by atoms with van der Waals surface area (Å²) in [5, 5.41) is 0. The molecule has 1 aromatic rings. The molecule has 2 fully saturated rings. The van der Waals surface area contributed by atoms with Crippen LogP contribution in [-0.2, 0) is 10.8 Å². The van der Waals surface area contributed by atoms with Crippen molar-refractivity contribution in [1.29, 1.82) is 0 Å². The average molecular weight is 372 g/mol. The molecule has 3 nitrogen and oxygen atoms in total. The molecule has 2 atom stereocenters. The van der Waals surface area contributed by atoms with Crippen LogP contribution in [0.2, 0.25) is 0 Å². The fourth-order valence-electron chi connectivity index (χ4n) is 5.01. The molecule has 0 unspecified atom stereocenters. The largest absolute Gasteiger partial charge is 0.481 e. The lowest BCUT2D eigenvalue weighted by Crippen LogP contribution is -2.64. The maximum Gasteiger partial charge on any atom is 0.200 e. The van der Waals surface area contributed by atoms with Crippen LogP contribution in [0.5, 0.6) is 11.5 Å². The molecular weight excluding hydrogens is 334 g/mol. The summed E-state index contributed by atoms with van der Waals surface area (Å²) in [5.74, 6) is 1.97. The maximum atomic E-state index is 6.98. The minimum absolute atomic E-state index is 0.0248. The molecule has 3 aliphatic rings. The summed E-state index contributed by atoms with van der Waals surface area (Å²) in [4.78, 5) is 2.58. The van der Waals surface area contributed by atoms with Crippen LogP contribution in [0.15, 0.2) is 12.1 Å². The maximum absolute atomic E-state index is 6.98. The van der Waals surface area contributed by atoms with Gasteiger partial charge in [0.2, 0.25) is 5.72 Å². The summed E-state index contributed by atoms with van der Waals surface area (Å²) < 4.78 is 13.8. The normalized spacial score (nSPS) is 28.9. The fourth-order valence-corrected chi connectivity index (χ4v) is 5.01. The van der Waals surface area contributed by atoms with Crippen LogP contribution in [0.3, 0.4) is 0 Å². The van der Waals surface area contributed by atoms with Crippen molar-refractivity contribution in [2.45, 2.75) is 103 Å². The first-order valence-electron chi connectivity index (χ1n) is 10.9. The second-order valence-corrected chi connectivity index (χ2v) is 10.8. The Balaban J connectivity index is 1.84. The van der Waals surface area contributed by atoms with E-state index in [1.54, 1.807) is 0 Å². The lowest BCUT2D eigenvalue weighted by molar-refractivity contribution is -0.180. The van der Waals surface area contributed by atoms with Crippen molar-refractivity contribution >= 4 is 0 Å². The highest BCUT2D eigenvalue weighted by Crippen LogP contribution is 2.51. The van der Waals surface area contributed by atoms with Crippen LogP contribution in [0.4, 0.5) is 0 Å². The van der Waals surface area contributed by atoms with Crippen molar-refractivity contribution in [1.82, 2.24) is 4.90 Å². The second kappa shape index (κ2) is 6.40. The van der Waals surface area contributed by atoms with Gasteiger partial charge in [-0.2, -0.15) is 0 Å². The minimum Gasteiger partial charge on any atom is -0.481 e. The number of fused-ring (bicyclic) bond motifs is 2. The Morgan fingerprint density at radius 3 is 2.26 bits per heavy atom. The zero-order chi connectivity index (χ0) is 19.4. The summed E-state index contributed by atoms with van der Waals surface area (Å²) in [7, 11) is 0. The molecule has 0 spiro atoms. The number of benzene rings is 1. The first kappa shape index (κ1) is 19.1. The van der Waals surface area contributed by atoms with E-state index in [-0.39, 0.29) is 22.7 Å². The van der Waals surface area contributed by atoms with E-state index >= 15 is 0 Å². The highest BCUT2D eigenvalue weighted by Gasteiger charge is 2.53. The predicted octanol–water partition coefficient (Wildman–Crippen LogP) is 5.79. The second-order valence-electron chi connectivity index (χ2n) is 10.8. The van der Waals surface area contributed by atoms with Gasteiger partial charge in [-0.05, 0) is 54.6 Å². The molecule has 0 bridgehead atoms. The molecule has 1 saturated heterocycles. The summed E-state index contributed by atoms with van der Waals surface area (Å²) in [5.41, 5.74) is 2.47. The Labute approximate surface area is 165 Å². The topological polar surface area (TPSA) is 21.7 Å². The van der Waals surface area contributed by atoms with E-state index in [1.165, 1.54) is 36.8 Å². The summed E-state index contributed by atoms with van der Waals surface area (Å²) in [6, 6.07) is 4.61. The summed E-state index contributed by atoms with van der Waals surface area (Å²) >= 11 is 0. The Kier molecular flexibility index (Phi) is 4.53. The molecule has 0 N–H and O–H groups in total. The van der Waals surface area contributed by atoms with E-state index in [1.807, 2.05) is 0 Å². The number of hydrogen-bond acceptors (Lipinski definition) is 3. The highest BCUT2D eigenvalue weighted by molar-refractivity contribution is 5.55. The SMILES string of the molecule is CC(C)(C)c1cc2c(c(C(C)(C)C)c1)O[C@@H]1CCCC[C@]1(N1CCCC1)O2. The number of hydrogen-bond donors (Lipinski definition) is 0. The third-order valence-corrected chi connectivity index (χ3v) is 6.67. The van der Waals surface area contributed by atoms with E-state index in [9.17, 15) is 0 Å². The van der Waals surface area contributed by atoms with Gasteiger partial charge in [0.25, 0.3) is 0 Å². The average Bonchev–Trinajstić information content (AvgIpc) is 3.12. The molecule has 0 radical (unpaired) electrons. The van der Waals surface area contributed by atoms with E-state index in [0.29, 0.717) is 0 Å². The minimum atomic E-state index is -0.257. The number of likely N-dealkylation sites (tertiary alicyclic amines) is 1. The van der Waals surface area contributed by atoms with Gasteiger partial charge in [0, 0.05) is 25.1 Å². The van der Waals surface area contributed by atoms with Crippen molar-refractivity contribution in [2.24, 2.45) is 0 Å². The van der Waals surface area contributed by atoms with Gasteiger partial charge in [-0.25, -0.2) is 0 Å². The fraction of sp³-hybridized carbons (Fsp3) is 0.750. The standard InChI is InChI=1S/C24H37NO2/c1-22(2,3)17-15-18(23(4,5)6)21-19(16-17)27-24(25-13-9-10-14-25)12-8-7-11-20(24)26-21/h15-16,20H,7-14H2,1-6H3/t20-,24+/m1/s1.